The van der Waals surface area contributed by atoms with Gasteiger partial charge in [0.2, 0.25) is 0 Å². The van der Waals surface area contributed by atoms with Crippen LogP contribution in [0.2, 0.25) is 0 Å². The minimum atomic E-state index is -0.118. The molecule has 3 saturated carbocycles. The van der Waals surface area contributed by atoms with Crippen molar-refractivity contribution in [1.29, 1.82) is 0 Å². The lowest BCUT2D eigenvalue weighted by Crippen LogP contribution is -2.28. The summed E-state index contributed by atoms with van der Waals surface area (Å²) in [4.78, 5) is 10.6. The number of hydrogen-bond acceptors (Lipinski definition) is 2. The summed E-state index contributed by atoms with van der Waals surface area (Å²) >= 11 is 0. The van der Waals surface area contributed by atoms with Gasteiger partial charge in [0, 0.05) is 0 Å². The van der Waals surface area contributed by atoms with Crippen molar-refractivity contribution >= 4 is 0 Å². The summed E-state index contributed by atoms with van der Waals surface area (Å²) in [6, 6.07) is 0. The Labute approximate surface area is 67.3 Å². The monoisotopic (exact) mass is 153 g/mol. The minimum Gasteiger partial charge on any atom is -0.150 e. The fraction of sp³-hybridized carbons (Fsp3) is 1.00. The average molecular weight is 153 g/mol. The van der Waals surface area contributed by atoms with Gasteiger partial charge in [0.15, 0.2) is 0 Å². The van der Waals surface area contributed by atoms with Gasteiger partial charge in [-0.3, -0.25) is 0 Å². The maximum absolute atomic E-state index is 10.6. The Balaban J connectivity index is 2.16. The van der Waals surface area contributed by atoms with Gasteiger partial charge in [-0.1, -0.05) is 18.0 Å². The van der Waals surface area contributed by atoms with Crippen molar-refractivity contribution in [2.45, 2.75) is 50.5 Å². The molecule has 0 aliphatic heterocycles. The van der Waals surface area contributed by atoms with Crippen LogP contribution in [0.15, 0.2) is 5.18 Å². The standard InChI is InChI=1S/C9H15NO/c11-10-9-5-1-2-8(3-6-9)4-7-9/h8H,1-7H2. The van der Waals surface area contributed by atoms with E-state index in [4.69, 9.17) is 0 Å². The molecule has 62 valence electrons. The van der Waals surface area contributed by atoms with Crippen molar-refractivity contribution in [3.8, 4) is 0 Å². The lowest BCUT2D eigenvalue weighted by atomic mass is 9.79. The quantitative estimate of drug-likeness (QED) is 0.532. The van der Waals surface area contributed by atoms with Crippen LogP contribution in [-0.4, -0.2) is 5.54 Å². The van der Waals surface area contributed by atoms with Crippen LogP contribution >= 0.6 is 0 Å². The molecule has 0 radical (unpaired) electrons. The highest BCUT2D eigenvalue weighted by Gasteiger charge is 2.38. The molecule has 3 fully saturated rings. The first-order chi connectivity index (χ1) is 5.35. The molecule has 0 N–H and O–H groups in total. The fourth-order valence-corrected chi connectivity index (χ4v) is 2.61. The molecule has 0 amide bonds. The first-order valence-electron chi connectivity index (χ1n) is 4.69. The van der Waals surface area contributed by atoms with E-state index in [-0.39, 0.29) is 5.54 Å². The van der Waals surface area contributed by atoms with E-state index in [9.17, 15) is 4.91 Å². The van der Waals surface area contributed by atoms with Gasteiger partial charge < -0.3 is 0 Å². The molecule has 0 aromatic carbocycles. The number of nitrogens with zero attached hydrogens (tertiary/aromatic N) is 1. The van der Waals surface area contributed by atoms with Crippen molar-refractivity contribution in [3.63, 3.8) is 0 Å². The van der Waals surface area contributed by atoms with Crippen LogP contribution in [0, 0.1) is 10.8 Å². The van der Waals surface area contributed by atoms with Gasteiger partial charge in [0.1, 0.15) is 5.54 Å². The van der Waals surface area contributed by atoms with E-state index in [1.807, 2.05) is 0 Å². The summed E-state index contributed by atoms with van der Waals surface area (Å²) in [7, 11) is 0. The fourth-order valence-electron chi connectivity index (χ4n) is 2.61. The molecule has 0 unspecified atom stereocenters. The Bertz CT molecular complexity index is 153. The van der Waals surface area contributed by atoms with E-state index < -0.39 is 0 Å². The number of fused-ring (bicyclic) bond motifs is 4. The highest BCUT2D eigenvalue weighted by atomic mass is 16.3. The zero-order valence-corrected chi connectivity index (χ0v) is 6.88. The number of rotatable bonds is 1. The van der Waals surface area contributed by atoms with Gasteiger partial charge in [-0.2, -0.15) is 4.91 Å². The van der Waals surface area contributed by atoms with E-state index in [0.29, 0.717) is 0 Å². The summed E-state index contributed by atoms with van der Waals surface area (Å²) in [5.74, 6) is 0.923. The van der Waals surface area contributed by atoms with Crippen LogP contribution in [0.4, 0.5) is 0 Å². The third-order valence-electron chi connectivity index (χ3n) is 3.48. The van der Waals surface area contributed by atoms with Crippen LogP contribution in [0.25, 0.3) is 0 Å². The van der Waals surface area contributed by atoms with Crippen molar-refractivity contribution in [3.05, 3.63) is 4.91 Å². The van der Waals surface area contributed by atoms with E-state index in [1.54, 1.807) is 0 Å². The van der Waals surface area contributed by atoms with Gasteiger partial charge in [0.05, 0.1) is 0 Å². The molecule has 3 aliphatic carbocycles. The van der Waals surface area contributed by atoms with Crippen molar-refractivity contribution < 1.29 is 0 Å². The van der Waals surface area contributed by atoms with Gasteiger partial charge in [0.25, 0.3) is 0 Å². The Morgan fingerprint density at radius 3 is 2.45 bits per heavy atom. The van der Waals surface area contributed by atoms with E-state index in [2.05, 4.69) is 5.18 Å². The largest absolute Gasteiger partial charge is 0.150 e. The second-order valence-corrected chi connectivity index (χ2v) is 4.15. The molecule has 11 heavy (non-hydrogen) atoms. The lowest BCUT2D eigenvalue weighted by molar-refractivity contribution is 0.263. The van der Waals surface area contributed by atoms with Gasteiger partial charge in [-0.25, -0.2) is 0 Å². The van der Waals surface area contributed by atoms with Crippen molar-refractivity contribution in [2.75, 3.05) is 0 Å². The van der Waals surface area contributed by atoms with Crippen LogP contribution in [-0.2, 0) is 0 Å². The molecular weight excluding hydrogens is 138 g/mol. The summed E-state index contributed by atoms with van der Waals surface area (Å²) < 4.78 is 0. The highest BCUT2D eigenvalue weighted by Crippen LogP contribution is 2.43. The Kier molecular flexibility index (Phi) is 1.70. The normalized spacial score (nSPS) is 43.5. The number of nitroso groups, excluding NO2 is 1. The predicted molar refractivity (Wildman–Crippen MR) is 44.3 cm³/mol. The van der Waals surface area contributed by atoms with E-state index in [1.165, 1.54) is 25.7 Å². The summed E-state index contributed by atoms with van der Waals surface area (Å²) in [5, 5.41) is 3.35. The van der Waals surface area contributed by atoms with Gasteiger partial charge in [-0.15, -0.1) is 0 Å². The molecule has 0 saturated heterocycles. The first-order valence-corrected chi connectivity index (χ1v) is 4.69. The van der Waals surface area contributed by atoms with Crippen molar-refractivity contribution in [2.24, 2.45) is 11.1 Å². The average Bonchev–Trinajstić information content (AvgIpc) is 2.37. The molecule has 3 aliphatic rings. The zero-order valence-electron chi connectivity index (χ0n) is 6.88. The van der Waals surface area contributed by atoms with Gasteiger partial charge in [-0.05, 0) is 38.0 Å². The van der Waals surface area contributed by atoms with Crippen LogP contribution < -0.4 is 0 Å². The maximum Gasteiger partial charge on any atom is 0.103 e. The van der Waals surface area contributed by atoms with Crippen molar-refractivity contribution in [1.82, 2.24) is 0 Å². The Morgan fingerprint density at radius 2 is 1.82 bits per heavy atom. The second kappa shape index (κ2) is 2.58. The Morgan fingerprint density at radius 1 is 1.09 bits per heavy atom. The molecule has 0 heterocycles. The number of hydrogen-bond donors (Lipinski definition) is 0. The second-order valence-electron chi connectivity index (χ2n) is 4.15. The molecule has 2 heteroatoms. The molecule has 0 spiro atoms. The third kappa shape index (κ3) is 1.19. The lowest BCUT2D eigenvalue weighted by Gasteiger charge is -2.29. The molecule has 0 aromatic heterocycles. The summed E-state index contributed by atoms with van der Waals surface area (Å²) in [5.41, 5.74) is -0.118. The SMILES string of the molecule is O=NC12CCCC(CC1)CC2. The molecule has 3 rings (SSSR count). The predicted octanol–water partition coefficient (Wildman–Crippen LogP) is 2.87. The smallest absolute Gasteiger partial charge is 0.103 e. The van der Waals surface area contributed by atoms with Crippen LogP contribution in [0.1, 0.15) is 44.9 Å². The van der Waals surface area contributed by atoms with E-state index in [0.717, 1.165) is 25.2 Å². The minimum absolute atomic E-state index is 0.118. The van der Waals surface area contributed by atoms with Crippen LogP contribution in [0.3, 0.4) is 0 Å². The zero-order chi connectivity index (χ0) is 7.73. The Hall–Kier alpha value is -0.400. The first kappa shape index (κ1) is 7.26. The van der Waals surface area contributed by atoms with Crippen LogP contribution in [0.5, 0.6) is 0 Å². The molecule has 0 aromatic rings. The summed E-state index contributed by atoms with van der Waals surface area (Å²) in [6.07, 6.45) is 8.29. The topological polar surface area (TPSA) is 29.4 Å². The molecular formula is C9H15NO. The third-order valence-corrected chi connectivity index (χ3v) is 3.48. The van der Waals surface area contributed by atoms with Gasteiger partial charge >= 0.3 is 0 Å². The molecule has 0 atom stereocenters. The molecule has 2 bridgehead atoms. The molecule has 2 nitrogen and oxygen atoms in total. The highest BCUT2D eigenvalue weighted by molar-refractivity contribution is 4.95. The van der Waals surface area contributed by atoms with E-state index >= 15 is 0 Å². The summed E-state index contributed by atoms with van der Waals surface area (Å²) in [6.45, 7) is 0. The maximum atomic E-state index is 10.6.